The van der Waals surface area contributed by atoms with E-state index in [2.05, 4.69) is 9.56 Å². The average molecular weight is 567 g/mol. The van der Waals surface area contributed by atoms with E-state index in [9.17, 15) is 9.59 Å². The van der Waals surface area contributed by atoms with Gasteiger partial charge in [-0.2, -0.15) is 0 Å². The highest BCUT2D eigenvalue weighted by Gasteiger charge is 2.33. The Morgan fingerprint density at radius 1 is 1.05 bits per heavy atom. The SMILES string of the molecule is CCOC(=O)C1=C(C)N=c2s/c(=C/c3cc(C)n(-c4ccc(Cl)cc4)c3C)c(=O)n2[C@H]1c1ccc(Cl)cc1. The summed E-state index contributed by atoms with van der Waals surface area (Å²) < 4.78 is 9.58. The minimum Gasteiger partial charge on any atom is -0.463 e. The summed E-state index contributed by atoms with van der Waals surface area (Å²) in [4.78, 5) is 32.1. The van der Waals surface area contributed by atoms with Crippen molar-refractivity contribution in [1.29, 1.82) is 0 Å². The van der Waals surface area contributed by atoms with Gasteiger partial charge in [0.15, 0.2) is 4.80 Å². The summed E-state index contributed by atoms with van der Waals surface area (Å²) in [6.45, 7) is 7.78. The lowest BCUT2D eigenvalue weighted by molar-refractivity contribution is -0.139. The van der Waals surface area contributed by atoms with Crippen LogP contribution in [0, 0.1) is 13.8 Å². The summed E-state index contributed by atoms with van der Waals surface area (Å²) in [6, 6.07) is 16.1. The Morgan fingerprint density at radius 2 is 1.68 bits per heavy atom. The molecule has 1 aliphatic rings. The van der Waals surface area contributed by atoms with Crippen LogP contribution in [0.15, 0.2) is 75.7 Å². The molecule has 0 saturated carbocycles. The normalized spacial score (nSPS) is 15.4. The molecule has 0 unspecified atom stereocenters. The quantitative estimate of drug-likeness (QED) is 0.299. The Kier molecular flexibility index (Phi) is 7.18. The molecule has 1 atom stereocenters. The van der Waals surface area contributed by atoms with Crippen LogP contribution < -0.4 is 14.9 Å². The lowest BCUT2D eigenvalue weighted by Crippen LogP contribution is -2.39. The average Bonchev–Trinajstić information content (AvgIpc) is 3.34. The van der Waals surface area contributed by atoms with Gasteiger partial charge in [-0.15, -0.1) is 0 Å². The molecule has 3 heterocycles. The van der Waals surface area contributed by atoms with Crippen molar-refractivity contribution in [2.24, 2.45) is 4.99 Å². The van der Waals surface area contributed by atoms with Crippen LogP contribution in [0.2, 0.25) is 10.0 Å². The van der Waals surface area contributed by atoms with E-state index in [0.717, 1.165) is 28.2 Å². The number of carbonyl (C=O) groups is 1. The maximum absolute atomic E-state index is 13.9. The lowest BCUT2D eigenvalue weighted by Gasteiger charge is -2.24. The van der Waals surface area contributed by atoms with E-state index in [-0.39, 0.29) is 12.2 Å². The molecule has 9 heteroatoms. The van der Waals surface area contributed by atoms with Crippen LogP contribution in [0.25, 0.3) is 11.8 Å². The zero-order valence-electron chi connectivity index (χ0n) is 21.3. The van der Waals surface area contributed by atoms with E-state index in [4.69, 9.17) is 27.9 Å². The third-order valence-electron chi connectivity index (χ3n) is 6.54. The Bertz CT molecular complexity index is 1760. The van der Waals surface area contributed by atoms with Crippen molar-refractivity contribution in [1.82, 2.24) is 9.13 Å². The fraction of sp³-hybridized carbons (Fsp3) is 0.207. The third kappa shape index (κ3) is 4.66. The second-order valence-electron chi connectivity index (χ2n) is 8.99. The first-order valence-corrected chi connectivity index (χ1v) is 13.7. The monoisotopic (exact) mass is 565 g/mol. The Labute approximate surface area is 233 Å². The zero-order valence-corrected chi connectivity index (χ0v) is 23.6. The van der Waals surface area contributed by atoms with Gasteiger partial charge in [0.1, 0.15) is 0 Å². The fourth-order valence-corrected chi connectivity index (χ4v) is 6.10. The van der Waals surface area contributed by atoms with Crippen molar-refractivity contribution in [2.45, 2.75) is 33.7 Å². The second kappa shape index (κ2) is 10.4. The van der Waals surface area contributed by atoms with E-state index in [0.29, 0.717) is 30.6 Å². The molecule has 0 bridgehead atoms. The molecular weight excluding hydrogens is 541 g/mol. The summed E-state index contributed by atoms with van der Waals surface area (Å²) in [5.41, 5.74) is 5.33. The number of allylic oxidation sites excluding steroid dienone is 1. The van der Waals surface area contributed by atoms with Gasteiger partial charge in [0, 0.05) is 27.1 Å². The number of benzene rings is 2. The molecule has 0 fully saturated rings. The van der Waals surface area contributed by atoms with Gasteiger partial charge in [-0.3, -0.25) is 9.36 Å². The van der Waals surface area contributed by atoms with E-state index in [1.165, 1.54) is 11.3 Å². The number of fused-ring (bicyclic) bond motifs is 1. The molecule has 2 aromatic heterocycles. The number of aryl methyl sites for hydroxylation is 1. The molecule has 0 aliphatic carbocycles. The van der Waals surface area contributed by atoms with Crippen molar-refractivity contribution in [3.05, 3.63) is 118 Å². The third-order valence-corrected chi connectivity index (χ3v) is 8.03. The molecule has 38 heavy (non-hydrogen) atoms. The maximum Gasteiger partial charge on any atom is 0.338 e. The number of rotatable bonds is 5. The molecule has 2 aromatic carbocycles. The van der Waals surface area contributed by atoms with Gasteiger partial charge in [-0.1, -0.05) is 46.7 Å². The van der Waals surface area contributed by atoms with Gasteiger partial charge < -0.3 is 9.30 Å². The first-order valence-electron chi connectivity index (χ1n) is 12.1. The van der Waals surface area contributed by atoms with Crippen LogP contribution in [0.5, 0.6) is 0 Å². The number of aromatic nitrogens is 2. The van der Waals surface area contributed by atoms with Gasteiger partial charge in [0.25, 0.3) is 5.56 Å². The summed E-state index contributed by atoms with van der Waals surface area (Å²) in [5.74, 6) is -0.491. The zero-order chi connectivity index (χ0) is 27.1. The number of nitrogens with zero attached hydrogens (tertiary/aromatic N) is 3. The highest BCUT2D eigenvalue weighted by Crippen LogP contribution is 2.31. The van der Waals surface area contributed by atoms with Gasteiger partial charge in [-0.05, 0) is 87.4 Å². The first-order chi connectivity index (χ1) is 18.2. The van der Waals surface area contributed by atoms with Crippen LogP contribution in [-0.2, 0) is 9.53 Å². The molecular formula is C29H25Cl2N3O3S. The van der Waals surface area contributed by atoms with Crippen LogP contribution in [-0.4, -0.2) is 21.7 Å². The smallest absolute Gasteiger partial charge is 0.338 e. The molecule has 0 amide bonds. The molecule has 6 nitrogen and oxygen atoms in total. The Balaban J connectivity index is 1.68. The number of hydrogen-bond acceptors (Lipinski definition) is 5. The van der Waals surface area contributed by atoms with Gasteiger partial charge in [0.2, 0.25) is 0 Å². The van der Waals surface area contributed by atoms with E-state index < -0.39 is 12.0 Å². The summed E-state index contributed by atoms with van der Waals surface area (Å²) in [5, 5.41) is 1.24. The van der Waals surface area contributed by atoms with Crippen LogP contribution in [0.3, 0.4) is 0 Å². The van der Waals surface area contributed by atoms with E-state index in [1.54, 1.807) is 30.5 Å². The number of ether oxygens (including phenoxy) is 1. The molecule has 194 valence electrons. The molecule has 5 rings (SSSR count). The molecule has 0 N–H and O–H groups in total. The van der Waals surface area contributed by atoms with Crippen LogP contribution in [0.1, 0.15) is 42.4 Å². The first kappa shape index (κ1) is 26.2. The highest BCUT2D eigenvalue weighted by atomic mass is 35.5. The van der Waals surface area contributed by atoms with Crippen molar-refractivity contribution in [3.8, 4) is 5.69 Å². The maximum atomic E-state index is 13.9. The van der Waals surface area contributed by atoms with Crippen molar-refractivity contribution < 1.29 is 9.53 Å². The van der Waals surface area contributed by atoms with Gasteiger partial charge in [-0.25, -0.2) is 9.79 Å². The van der Waals surface area contributed by atoms with Crippen molar-refractivity contribution >= 4 is 46.6 Å². The number of hydrogen-bond donors (Lipinski definition) is 0. The number of halogens is 2. The van der Waals surface area contributed by atoms with Crippen LogP contribution >= 0.6 is 34.5 Å². The Morgan fingerprint density at radius 3 is 2.32 bits per heavy atom. The van der Waals surface area contributed by atoms with E-state index in [1.807, 2.05) is 62.4 Å². The molecule has 4 aromatic rings. The van der Waals surface area contributed by atoms with Crippen molar-refractivity contribution in [3.63, 3.8) is 0 Å². The number of thiazole rings is 1. The summed E-state index contributed by atoms with van der Waals surface area (Å²) in [7, 11) is 0. The van der Waals surface area contributed by atoms with E-state index >= 15 is 0 Å². The Hall–Kier alpha value is -3.39. The standard InChI is InChI=1S/C29H25Cl2N3O3S/c1-5-37-28(36)25-17(3)32-29-34(26(25)19-6-8-21(30)9-7-19)27(35)24(38-29)15-20-14-16(2)33(18(20)4)23-12-10-22(31)11-13-23/h6-15,26H,5H2,1-4H3/b24-15+/t26-/m0/s1. The minimum atomic E-state index is -0.675. The predicted molar refractivity (Wildman–Crippen MR) is 152 cm³/mol. The molecule has 0 spiro atoms. The highest BCUT2D eigenvalue weighted by molar-refractivity contribution is 7.07. The second-order valence-corrected chi connectivity index (χ2v) is 10.9. The molecule has 0 saturated heterocycles. The van der Waals surface area contributed by atoms with Crippen LogP contribution in [0.4, 0.5) is 0 Å². The number of carbonyl (C=O) groups excluding carboxylic acids is 1. The molecule has 1 aliphatic heterocycles. The molecule has 0 radical (unpaired) electrons. The van der Waals surface area contributed by atoms with Crippen molar-refractivity contribution in [2.75, 3.05) is 6.61 Å². The van der Waals surface area contributed by atoms with Gasteiger partial charge >= 0.3 is 5.97 Å². The topological polar surface area (TPSA) is 65.6 Å². The fourth-order valence-electron chi connectivity index (χ4n) is 4.81. The minimum absolute atomic E-state index is 0.219. The predicted octanol–water partition coefficient (Wildman–Crippen LogP) is 5.51. The van der Waals surface area contributed by atoms with Gasteiger partial charge in [0.05, 0.1) is 28.5 Å². The largest absolute Gasteiger partial charge is 0.463 e. The summed E-state index contributed by atoms with van der Waals surface area (Å²) >= 11 is 13.5. The number of esters is 1. The lowest BCUT2D eigenvalue weighted by atomic mass is 9.96. The summed E-state index contributed by atoms with van der Waals surface area (Å²) in [6.07, 6.45) is 1.89.